The third-order valence-electron chi connectivity index (χ3n) is 5.52. The van der Waals surface area contributed by atoms with Gasteiger partial charge >= 0.3 is 5.97 Å². The van der Waals surface area contributed by atoms with Crippen molar-refractivity contribution in [3.63, 3.8) is 0 Å². The van der Waals surface area contributed by atoms with Crippen LogP contribution in [0.15, 0.2) is 58.7 Å². The third-order valence-corrected chi connectivity index (χ3v) is 6.39. The Labute approximate surface area is 194 Å². The standard InChI is InChI=1S/C25H23N3O4S/c1-3-15-11-8-12-16(4-2)21(15)26-19(29)13-28-22(17-9-6-5-7-10-17)27-23-20(24(28)30)18(14-33-23)25(31)32/h5-12,14H,3-4,13H2,1-2H3,(H,26,29)(H,31,32). The molecule has 0 bridgehead atoms. The van der Waals surface area contributed by atoms with Gasteiger partial charge in [0.2, 0.25) is 5.91 Å². The number of benzene rings is 2. The van der Waals surface area contributed by atoms with E-state index in [-0.39, 0.29) is 23.4 Å². The minimum absolute atomic E-state index is 0.0168. The number of carboxylic acids is 1. The second kappa shape index (κ2) is 9.38. The van der Waals surface area contributed by atoms with E-state index >= 15 is 0 Å². The maximum atomic E-state index is 13.4. The first-order valence-electron chi connectivity index (χ1n) is 10.7. The van der Waals surface area contributed by atoms with E-state index in [1.54, 1.807) is 12.1 Å². The van der Waals surface area contributed by atoms with Crippen LogP contribution in [0.2, 0.25) is 0 Å². The monoisotopic (exact) mass is 461 g/mol. The van der Waals surface area contributed by atoms with Gasteiger partial charge in [-0.1, -0.05) is 62.4 Å². The van der Waals surface area contributed by atoms with Gasteiger partial charge in [-0.25, -0.2) is 9.78 Å². The molecule has 0 fully saturated rings. The molecule has 2 N–H and O–H groups in total. The van der Waals surface area contributed by atoms with Gasteiger partial charge in [-0.3, -0.25) is 14.2 Å². The molecule has 0 spiro atoms. The van der Waals surface area contributed by atoms with E-state index in [4.69, 9.17) is 0 Å². The first kappa shape index (κ1) is 22.4. The number of nitrogens with one attached hydrogen (secondary N) is 1. The minimum Gasteiger partial charge on any atom is -0.478 e. The summed E-state index contributed by atoms with van der Waals surface area (Å²) < 4.78 is 1.26. The van der Waals surface area contributed by atoms with Crippen LogP contribution in [0.1, 0.15) is 35.3 Å². The molecule has 0 radical (unpaired) electrons. The zero-order valence-corrected chi connectivity index (χ0v) is 19.1. The van der Waals surface area contributed by atoms with Crippen molar-refractivity contribution in [3.8, 4) is 11.4 Å². The minimum atomic E-state index is -1.20. The largest absolute Gasteiger partial charge is 0.478 e. The quantitative estimate of drug-likeness (QED) is 0.419. The number of aromatic carboxylic acids is 1. The summed E-state index contributed by atoms with van der Waals surface area (Å²) in [5.41, 5.74) is 2.80. The number of aryl methyl sites for hydroxylation is 2. The number of hydrogen-bond acceptors (Lipinski definition) is 5. The average Bonchev–Trinajstić information content (AvgIpc) is 3.26. The van der Waals surface area contributed by atoms with E-state index in [1.165, 1.54) is 9.95 Å². The highest BCUT2D eigenvalue weighted by atomic mass is 32.1. The van der Waals surface area contributed by atoms with Crippen molar-refractivity contribution in [2.75, 3.05) is 5.32 Å². The van der Waals surface area contributed by atoms with Crippen LogP contribution in [0.5, 0.6) is 0 Å². The van der Waals surface area contributed by atoms with Crippen molar-refractivity contribution in [1.82, 2.24) is 9.55 Å². The number of carbonyl (C=O) groups is 2. The fourth-order valence-electron chi connectivity index (χ4n) is 3.86. The van der Waals surface area contributed by atoms with Crippen LogP contribution >= 0.6 is 11.3 Å². The number of carbonyl (C=O) groups excluding carboxylic acids is 1. The summed E-state index contributed by atoms with van der Waals surface area (Å²) in [7, 11) is 0. The lowest BCUT2D eigenvalue weighted by molar-refractivity contribution is -0.116. The van der Waals surface area contributed by atoms with Crippen molar-refractivity contribution in [3.05, 3.63) is 81.0 Å². The van der Waals surface area contributed by atoms with Gasteiger partial charge in [-0.2, -0.15) is 0 Å². The zero-order valence-electron chi connectivity index (χ0n) is 18.3. The normalized spacial score (nSPS) is 11.0. The number of fused-ring (bicyclic) bond motifs is 1. The number of amides is 1. The van der Waals surface area contributed by atoms with Crippen LogP contribution in [0, 0.1) is 0 Å². The van der Waals surface area contributed by atoms with E-state index in [2.05, 4.69) is 10.3 Å². The maximum absolute atomic E-state index is 13.4. The van der Waals surface area contributed by atoms with Crippen LogP contribution in [0.4, 0.5) is 5.69 Å². The van der Waals surface area contributed by atoms with Crippen LogP contribution in [-0.4, -0.2) is 26.5 Å². The second-order valence-corrected chi connectivity index (χ2v) is 8.39. The molecule has 0 aliphatic carbocycles. The lowest BCUT2D eigenvalue weighted by atomic mass is 10.0. The molecule has 1 amide bonds. The SMILES string of the molecule is CCc1cccc(CC)c1NC(=O)Cn1c(-c2ccccc2)nc2scc(C(=O)O)c2c1=O. The number of aromatic nitrogens is 2. The molecule has 0 atom stereocenters. The fraction of sp³-hybridized carbons (Fsp3) is 0.200. The predicted molar refractivity (Wildman–Crippen MR) is 130 cm³/mol. The number of para-hydroxylation sites is 1. The van der Waals surface area contributed by atoms with E-state index < -0.39 is 11.5 Å². The maximum Gasteiger partial charge on any atom is 0.337 e. The van der Waals surface area contributed by atoms with Crippen molar-refractivity contribution in [2.45, 2.75) is 33.2 Å². The van der Waals surface area contributed by atoms with Gasteiger partial charge < -0.3 is 10.4 Å². The fourth-order valence-corrected chi connectivity index (χ4v) is 4.76. The Kier molecular flexibility index (Phi) is 6.37. The molecule has 0 saturated heterocycles. The highest BCUT2D eigenvalue weighted by Crippen LogP contribution is 2.26. The number of thiophene rings is 1. The van der Waals surface area contributed by atoms with Crippen LogP contribution < -0.4 is 10.9 Å². The molecule has 4 rings (SSSR count). The summed E-state index contributed by atoms with van der Waals surface area (Å²) >= 11 is 1.10. The van der Waals surface area contributed by atoms with Crippen molar-refractivity contribution < 1.29 is 14.7 Å². The van der Waals surface area contributed by atoms with E-state index in [9.17, 15) is 19.5 Å². The molecule has 2 aromatic carbocycles. The number of rotatable bonds is 7. The highest BCUT2D eigenvalue weighted by Gasteiger charge is 2.22. The number of nitrogens with zero attached hydrogens (tertiary/aromatic N) is 2. The molecule has 7 nitrogen and oxygen atoms in total. The number of hydrogen-bond donors (Lipinski definition) is 2. The lowest BCUT2D eigenvalue weighted by Crippen LogP contribution is -2.30. The molecule has 0 aliphatic rings. The average molecular weight is 462 g/mol. The molecule has 2 heterocycles. The van der Waals surface area contributed by atoms with Crippen LogP contribution in [-0.2, 0) is 24.2 Å². The van der Waals surface area contributed by atoms with Crippen molar-refractivity contribution >= 4 is 39.1 Å². The molecule has 0 unspecified atom stereocenters. The zero-order chi connectivity index (χ0) is 23.5. The summed E-state index contributed by atoms with van der Waals surface area (Å²) in [5.74, 6) is -1.26. The predicted octanol–water partition coefficient (Wildman–Crippen LogP) is 4.59. The van der Waals surface area contributed by atoms with Crippen LogP contribution in [0.25, 0.3) is 21.6 Å². The topological polar surface area (TPSA) is 101 Å². The van der Waals surface area contributed by atoms with Crippen molar-refractivity contribution in [2.24, 2.45) is 0 Å². The summed E-state index contributed by atoms with van der Waals surface area (Å²) in [6.07, 6.45) is 1.51. The molecule has 8 heteroatoms. The Morgan fingerprint density at radius 1 is 1.03 bits per heavy atom. The van der Waals surface area contributed by atoms with Gasteiger partial charge in [0.25, 0.3) is 5.56 Å². The summed E-state index contributed by atoms with van der Waals surface area (Å²) in [5, 5.41) is 13.9. The van der Waals surface area contributed by atoms with Gasteiger partial charge in [0.15, 0.2) is 0 Å². The van der Waals surface area contributed by atoms with Gasteiger partial charge in [-0.05, 0) is 24.0 Å². The highest BCUT2D eigenvalue weighted by molar-refractivity contribution is 7.17. The third kappa shape index (κ3) is 4.29. The second-order valence-electron chi connectivity index (χ2n) is 7.53. The van der Waals surface area contributed by atoms with Gasteiger partial charge in [0, 0.05) is 16.6 Å². The molecule has 0 aliphatic heterocycles. The number of anilines is 1. The first-order valence-corrected chi connectivity index (χ1v) is 11.5. The Morgan fingerprint density at radius 2 is 1.70 bits per heavy atom. The lowest BCUT2D eigenvalue weighted by Gasteiger charge is -2.16. The van der Waals surface area contributed by atoms with Gasteiger partial charge in [-0.15, -0.1) is 11.3 Å². The Bertz CT molecular complexity index is 1380. The summed E-state index contributed by atoms with van der Waals surface area (Å²) in [6, 6.07) is 15.0. The van der Waals surface area contributed by atoms with Gasteiger partial charge in [0.05, 0.1) is 10.9 Å². The summed E-state index contributed by atoms with van der Waals surface area (Å²) in [6.45, 7) is 3.75. The molecular weight excluding hydrogens is 438 g/mol. The molecule has 4 aromatic rings. The molecule has 33 heavy (non-hydrogen) atoms. The Balaban J connectivity index is 1.82. The van der Waals surface area contributed by atoms with E-state index in [1.807, 2.05) is 50.2 Å². The van der Waals surface area contributed by atoms with E-state index in [0.29, 0.717) is 16.2 Å². The Morgan fingerprint density at radius 3 is 2.30 bits per heavy atom. The van der Waals surface area contributed by atoms with E-state index in [0.717, 1.165) is 41.0 Å². The first-order chi connectivity index (χ1) is 15.9. The van der Waals surface area contributed by atoms with Crippen molar-refractivity contribution in [1.29, 1.82) is 0 Å². The van der Waals surface area contributed by atoms with Crippen LogP contribution in [0.3, 0.4) is 0 Å². The molecule has 2 aromatic heterocycles. The van der Waals surface area contributed by atoms with Gasteiger partial charge in [0.1, 0.15) is 17.2 Å². The molecular formula is C25H23N3O4S. The molecule has 168 valence electrons. The smallest absolute Gasteiger partial charge is 0.337 e. The summed E-state index contributed by atoms with van der Waals surface area (Å²) in [4.78, 5) is 43.1. The molecule has 0 saturated carbocycles. The Hall–Kier alpha value is -3.78. The number of carboxylic acid groups (broad SMARTS) is 1.